The number of methoxy groups -OCH3 is 1. The molecule has 2 fully saturated rings. The van der Waals surface area contributed by atoms with Crippen LogP contribution < -0.4 is 0 Å². The Morgan fingerprint density at radius 1 is 1.25 bits per heavy atom. The predicted molar refractivity (Wildman–Crippen MR) is 49.1 cm³/mol. The Kier molecular flexibility index (Phi) is 3.19. The van der Waals surface area contributed by atoms with E-state index in [0.29, 0.717) is 0 Å². The van der Waals surface area contributed by atoms with Gasteiger partial charge in [-0.1, -0.05) is 0 Å². The van der Waals surface area contributed by atoms with Gasteiger partial charge in [-0.25, -0.2) is 0 Å². The molecule has 0 spiro atoms. The second-order valence-electron chi connectivity index (χ2n) is 3.97. The van der Waals surface area contributed by atoms with Gasteiger partial charge in [0.25, 0.3) is 5.97 Å². The molecule has 3 N–H and O–H groups in total. The van der Waals surface area contributed by atoms with Gasteiger partial charge in [-0.05, 0) is 0 Å². The minimum atomic E-state index is -1.31. The molecular formula is C9H16O7. The molecule has 0 aromatic rings. The zero-order chi connectivity index (χ0) is 11.9. The van der Waals surface area contributed by atoms with Crippen molar-refractivity contribution in [2.24, 2.45) is 0 Å². The zero-order valence-corrected chi connectivity index (χ0v) is 9.07. The molecule has 0 saturated carbocycles. The number of aliphatic hydroxyl groups is 3. The number of hydrogen-bond donors (Lipinski definition) is 3. The van der Waals surface area contributed by atoms with Crippen LogP contribution in [0.4, 0.5) is 0 Å². The average molecular weight is 236 g/mol. The van der Waals surface area contributed by atoms with Gasteiger partial charge in [-0.3, -0.25) is 4.74 Å². The summed E-state index contributed by atoms with van der Waals surface area (Å²) in [6, 6.07) is 0. The summed E-state index contributed by atoms with van der Waals surface area (Å²) < 4.78 is 20.8. The van der Waals surface area contributed by atoms with Gasteiger partial charge >= 0.3 is 0 Å². The first-order chi connectivity index (χ1) is 7.50. The monoisotopic (exact) mass is 236 g/mol. The Morgan fingerprint density at radius 3 is 2.50 bits per heavy atom. The predicted octanol–water partition coefficient (Wildman–Crippen LogP) is -1.84. The maximum absolute atomic E-state index is 9.78. The van der Waals surface area contributed by atoms with Gasteiger partial charge in [-0.15, -0.1) is 0 Å². The highest BCUT2D eigenvalue weighted by atomic mass is 16.9. The lowest BCUT2D eigenvalue weighted by Gasteiger charge is -2.36. The fraction of sp³-hybridized carbons (Fsp3) is 1.00. The van der Waals surface area contributed by atoms with Crippen molar-refractivity contribution in [3.63, 3.8) is 0 Å². The van der Waals surface area contributed by atoms with E-state index in [2.05, 4.69) is 0 Å². The van der Waals surface area contributed by atoms with E-state index in [9.17, 15) is 10.2 Å². The molecule has 0 aromatic heterocycles. The number of aliphatic hydroxyl groups excluding tert-OH is 3. The number of rotatable bonds is 2. The Hall–Kier alpha value is -0.280. The standard InChI is InChI=1S/C9H16O7/c1-9(13-2)15-7-6(12)5(11)4(3-10)14-8(7)16-9/h4-8,10-12H,3H2,1-2H3/t4-,5-,6+,7-,8-,9?/m1/s1. The van der Waals surface area contributed by atoms with Gasteiger partial charge in [0.15, 0.2) is 6.29 Å². The first-order valence-electron chi connectivity index (χ1n) is 5.04. The molecule has 2 aliphatic rings. The fourth-order valence-electron chi connectivity index (χ4n) is 1.86. The van der Waals surface area contributed by atoms with E-state index < -0.39 is 43.3 Å². The van der Waals surface area contributed by atoms with Crippen LogP contribution in [0.3, 0.4) is 0 Å². The molecule has 2 saturated heterocycles. The van der Waals surface area contributed by atoms with E-state index in [1.165, 1.54) is 14.0 Å². The minimum absolute atomic E-state index is 0.408. The molecular weight excluding hydrogens is 220 g/mol. The normalized spacial score (nSPS) is 52.7. The highest BCUT2D eigenvalue weighted by molar-refractivity contribution is 4.93. The Balaban J connectivity index is 2.13. The molecule has 0 bridgehead atoms. The maximum Gasteiger partial charge on any atom is 0.282 e. The highest BCUT2D eigenvalue weighted by Gasteiger charge is 2.55. The van der Waals surface area contributed by atoms with Crippen molar-refractivity contribution >= 4 is 0 Å². The topological polar surface area (TPSA) is 97.6 Å². The third kappa shape index (κ3) is 1.84. The van der Waals surface area contributed by atoms with Gasteiger partial charge in [0.2, 0.25) is 0 Å². The van der Waals surface area contributed by atoms with E-state index in [0.717, 1.165) is 0 Å². The van der Waals surface area contributed by atoms with E-state index in [1.54, 1.807) is 0 Å². The van der Waals surface area contributed by atoms with Crippen LogP contribution in [0.25, 0.3) is 0 Å². The quantitative estimate of drug-likeness (QED) is 0.518. The molecule has 0 aromatic carbocycles. The number of ether oxygens (including phenoxy) is 4. The van der Waals surface area contributed by atoms with Crippen LogP contribution in [0.2, 0.25) is 0 Å². The molecule has 94 valence electrons. The second kappa shape index (κ2) is 4.19. The van der Waals surface area contributed by atoms with E-state index in [-0.39, 0.29) is 0 Å². The molecule has 2 aliphatic heterocycles. The van der Waals surface area contributed by atoms with Gasteiger partial charge in [-0.2, -0.15) is 0 Å². The van der Waals surface area contributed by atoms with Gasteiger partial charge < -0.3 is 29.5 Å². The van der Waals surface area contributed by atoms with E-state index in [4.69, 9.17) is 24.1 Å². The van der Waals surface area contributed by atoms with Crippen LogP contribution in [0.5, 0.6) is 0 Å². The lowest BCUT2D eigenvalue weighted by Crippen LogP contribution is -2.57. The van der Waals surface area contributed by atoms with Crippen LogP contribution in [-0.4, -0.2) is 65.7 Å². The van der Waals surface area contributed by atoms with Crippen molar-refractivity contribution in [3.05, 3.63) is 0 Å². The smallest absolute Gasteiger partial charge is 0.282 e. The maximum atomic E-state index is 9.78. The summed E-state index contributed by atoms with van der Waals surface area (Å²) >= 11 is 0. The number of hydrogen-bond acceptors (Lipinski definition) is 7. The molecule has 7 nitrogen and oxygen atoms in total. The molecule has 16 heavy (non-hydrogen) atoms. The SMILES string of the molecule is COC1(C)O[C@H]2O[C@H](CO)[C@@H](O)[C@H](O)[C@H]2O1. The lowest BCUT2D eigenvalue weighted by molar-refractivity contribution is -0.334. The van der Waals surface area contributed by atoms with Crippen LogP contribution in [0.1, 0.15) is 6.92 Å². The number of fused-ring (bicyclic) bond motifs is 1. The van der Waals surface area contributed by atoms with Gasteiger partial charge in [0, 0.05) is 14.0 Å². The summed E-state index contributed by atoms with van der Waals surface area (Å²) in [6.45, 7) is 1.12. The average Bonchev–Trinajstić information content (AvgIpc) is 2.62. The molecule has 0 aliphatic carbocycles. The Morgan fingerprint density at radius 2 is 1.94 bits per heavy atom. The minimum Gasteiger partial charge on any atom is -0.394 e. The van der Waals surface area contributed by atoms with E-state index in [1.807, 2.05) is 0 Å². The molecule has 2 heterocycles. The second-order valence-corrected chi connectivity index (χ2v) is 3.97. The van der Waals surface area contributed by atoms with Gasteiger partial charge in [0.1, 0.15) is 24.4 Å². The van der Waals surface area contributed by atoms with Crippen molar-refractivity contribution in [2.45, 2.75) is 43.6 Å². The van der Waals surface area contributed by atoms with Crippen LogP contribution >= 0.6 is 0 Å². The third-order valence-corrected chi connectivity index (χ3v) is 2.88. The zero-order valence-electron chi connectivity index (χ0n) is 9.07. The van der Waals surface area contributed by atoms with Crippen molar-refractivity contribution in [1.82, 2.24) is 0 Å². The third-order valence-electron chi connectivity index (χ3n) is 2.88. The fourth-order valence-corrected chi connectivity index (χ4v) is 1.86. The summed E-state index contributed by atoms with van der Waals surface area (Å²) in [5, 5.41) is 28.4. The van der Waals surface area contributed by atoms with Crippen molar-refractivity contribution in [3.8, 4) is 0 Å². The molecule has 0 radical (unpaired) electrons. The van der Waals surface area contributed by atoms with Crippen LogP contribution in [-0.2, 0) is 18.9 Å². The molecule has 2 rings (SSSR count). The highest BCUT2D eigenvalue weighted by Crippen LogP contribution is 2.36. The molecule has 6 atom stereocenters. The summed E-state index contributed by atoms with van der Waals surface area (Å²) in [4.78, 5) is 0. The Bertz CT molecular complexity index is 260. The van der Waals surface area contributed by atoms with Crippen LogP contribution in [0, 0.1) is 0 Å². The summed E-state index contributed by atoms with van der Waals surface area (Å²) in [5.74, 6) is -1.31. The summed E-state index contributed by atoms with van der Waals surface area (Å²) in [6.07, 6.45) is -4.98. The first-order valence-corrected chi connectivity index (χ1v) is 5.04. The van der Waals surface area contributed by atoms with E-state index >= 15 is 0 Å². The van der Waals surface area contributed by atoms with Gasteiger partial charge in [0.05, 0.1) is 6.61 Å². The summed E-state index contributed by atoms with van der Waals surface area (Å²) in [7, 11) is 1.39. The van der Waals surface area contributed by atoms with Crippen molar-refractivity contribution in [2.75, 3.05) is 13.7 Å². The van der Waals surface area contributed by atoms with Crippen molar-refractivity contribution < 1.29 is 34.3 Å². The van der Waals surface area contributed by atoms with Crippen molar-refractivity contribution in [1.29, 1.82) is 0 Å². The first kappa shape index (κ1) is 12.2. The Labute approximate surface area is 92.5 Å². The molecule has 1 unspecified atom stereocenters. The lowest BCUT2D eigenvalue weighted by atomic mass is 9.99. The molecule has 7 heteroatoms. The molecule has 0 amide bonds. The largest absolute Gasteiger partial charge is 0.394 e. The summed E-state index contributed by atoms with van der Waals surface area (Å²) in [5.41, 5.74) is 0. The van der Waals surface area contributed by atoms with Crippen LogP contribution in [0.15, 0.2) is 0 Å².